The molecule has 70 valence electrons. The van der Waals surface area contributed by atoms with Gasteiger partial charge in [0.05, 0.1) is 6.10 Å². The Labute approximate surface area is 74.3 Å². The van der Waals surface area contributed by atoms with Crippen LogP contribution in [0.2, 0.25) is 0 Å². The van der Waals surface area contributed by atoms with E-state index in [2.05, 4.69) is 13.8 Å². The van der Waals surface area contributed by atoms with Gasteiger partial charge in [-0.25, -0.2) is 0 Å². The molecule has 0 aliphatic heterocycles. The molecule has 0 spiro atoms. The number of hydrogen-bond acceptors (Lipinski definition) is 2. The van der Waals surface area contributed by atoms with E-state index in [1.165, 1.54) is 6.08 Å². The van der Waals surface area contributed by atoms with Crippen LogP contribution in [0.4, 0.5) is 0 Å². The van der Waals surface area contributed by atoms with Gasteiger partial charge in [0.15, 0.2) is 0 Å². The van der Waals surface area contributed by atoms with E-state index in [9.17, 15) is 9.90 Å². The van der Waals surface area contributed by atoms with Crippen molar-refractivity contribution in [3.63, 3.8) is 0 Å². The highest BCUT2D eigenvalue weighted by atomic mass is 16.3. The highest BCUT2D eigenvalue weighted by molar-refractivity contribution is 5.64. The average molecular weight is 170 g/mol. The minimum Gasteiger partial charge on any atom is -0.393 e. The summed E-state index contributed by atoms with van der Waals surface area (Å²) in [6.45, 7) is 6.18. The summed E-state index contributed by atoms with van der Waals surface area (Å²) in [4.78, 5) is 9.92. The number of allylic oxidation sites excluding steroid dienone is 1. The van der Waals surface area contributed by atoms with Gasteiger partial charge >= 0.3 is 0 Å². The van der Waals surface area contributed by atoms with Crippen molar-refractivity contribution in [1.82, 2.24) is 0 Å². The van der Waals surface area contributed by atoms with E-state index < -0.39 is 0 Å². The summed E-state index contributed by atoms with van der Waals surface area (Å²) in [5.74, 6) is 0.755. The van der Waals surface area contributed by atoms with Crippen LogP contribution in [0.1, 0.15) is 27.2 Å². The fourth-order valence-electron chi connectivity index (χ4n) is 0.932. The maximum atomic E-state index is 9.92. The molecule has 2 unspecified atom stereocenters. The van der Waals surface area contributed by atoms with E-state index in [4.69, 9.17) is 0 Å². The van der Waals surface area contributed by atoms with Crippen LogP contribution in [-0.2, 0) is 4.79 Å². The first-order valence-corrected chi connectivity index (χ1v) is 4.38. The fourth-order valence-corrected chi connectivity index (χ4v) is 0.932. The lowest BCUT2D eigenvalue weighted by Gasteiger charge is -2.20. The highest BCUT2D eigenvalue weighted by Crippen LogP contribution is 2.16. The van der Waals surface area contributed by atoms with E-state index >= 15 is 0 Å². The number of carbonyl (C=O) groups excluding carboxylic acids is 1. The first kappa shape index (κ1) is 11.4. The maximum Gasteiger partial charge on any atom is 0.142 e. The molecule has 0 rings (SSSR count). The molecule has 0 aliphatic rings. The van der Waals surface area contributed by atoms with E-state index in [1.807, 2.05) is 6.92 Å². The van der Waals surface area contributed by atoms with Crippen molar-refractivity contribution in [2.75, 3.05) is 0 Å². The topological polar surface area (TPSA) is 37.3 Å². The quantitative estimate of drug-likeness (QED) is 0.504. The average Bonchev–Trinajstić information content (AvgIpc) is 2.03. The SMILES string of the molecule is CC(C)C(C)C(O)C/C=C/C=O. The molecule has 0 aliphatic carbocycles. The Morgan fingerprint density at radius 3 is 2.33 bits per heavy atom. The molecule has 0 saturated heterocycles. The zero-order valence-corrected chi connectivity index (χ0v) is 8.03. The maximum absolute atomic E-state index is 9.92. The van der Waals surface area contributed by atoms with Crippen LogP contribution in [0.25, 0.3) is 0 Å². The van der Waals surface area contributed by atoms with E-state index in [0.717, 1.165) is 6.29 Å². The van der Waals surface area contributed by atoms with Crippen molar-refractivity contribution in [3.05, 3.63) is 12.2 Å². The third kappa shape index (κ3) is 4.29. The molecule has 12 heavy (non-hydrogen) atoms. The molecule has 1 N–H and O–H groups in total. The van der Waals surface area contributed by atoms with E-state index in [-0.39, 0.29) is 12.0 Å². The Morgan fingerprint density at radius 1 is 1.33 bits per heavy atom. The normalized spacial score (nSPS) is 16.8. The first-order valence-electron chi connectivity index (χ1n) is 4.38. The van der Waals surface area contributed by atoms with Gasteiger partial charge in [0.2, 0.25) is 0 Å². The summed E-state index contributed by atoms with van der Waals surface area (Å²) in [6, 6.07) is 0. The summed E-state index contributed by atoms with van der Waals surface area (Å²) in [6.07, 6.45) is 4.10. The smallest absolute Gasteiger partial charge is 0.142 e. The summed E-state index contributed by atoms with van der Waals surface area (Å²) in [5, 5.41) is 9.55. The van der Waals surface area contributed by atoms with Gasteiger partial charge in [-0.1, -0.05) is 26.8 Å². The van der Waals surface area contributed by atoms with Crippen LogP contribution in [-0.4, -0.2) is 17.5 Å². The molecule has 0 radical (unpaired) electrons. The second-order valence-corrected chi connectivity index (χ2v) is 3.47. The van der Waals surface area contributed by atoms with Crippen LogP contribution in [0.3, 0.4) is 0 Å². The van der Waals surface area contributed by atoms with E-state index in [0.29, 0.717) is 12.3 Å². The largest absolute Gasteiger partial charge is 0.393 e. The van der Waals surface area contributed by atoms with Crippen molar-refractivity contribution in [3.8, 4) is 0 Å². The lowest BCUT2D eigenvalue weighted by molar-refractivity contribution is -0.104. The molecule has 2 nitrogen and oxygen atoms in total. The Bertz CT molecular complexity index is 150. The van der Waals surface area contributed by atoms with Gasteiger partial charge in [-0.2, -0.15) is 0 Å². The van der Waals surface area contributed by atoms with Gasteiger partial charge in [-0.05, 0) is 24.3 Å². The predicted octanol–water partition coefficient (Wildman–Crippen LogP) is 1.78. The lowest BCUT2D eigenvalue weighted by atomic mass is 9.90. The molecular weight excluding hydrogens is 152 g/mol. The van der Waals surface area contributed by atoms with Gasteiger partial charge in [-0.15, -0.1) is 0 Å². The summed E-state index contributed by atoms with van der Waals surface area (Å²) in [5.41, 5.74) is 0. The molecule has 0 saturated carbocycles. The molecule has 2 heteroatoms. The number of aldehydes is 1. The molecule has 0 heterocycles. The second kappa shape index (κ2) is 5.95. The van der Waals surface area contributed by atoms with Crippen molar-refractivity contribution in [2.45, 2.75) is 33.3 Å². The van der Waals surface area contributed by atoms with Crippen LogP contribution in [0, 0.1) is 11.8 Å². The zero-order valence-electron chi connectivity index (χ0n) is 8.03. The molecule has 0 amide bonds. The highest BCUT2D eigenvalue weighted by Gasteiger charge is 2.15. The van der Waals surface area contributed by atoms with Gasteiger partial charge in [0, 0.05) is 0 Å². The summed E-state index contributed by atoms with van der Waals surface area (Å²) < 4.78 is 0. The molecule has 0 aromatic rings. The van der Waals surface area contributed by atoms with Crippen molar-refractivity contribution in [1.29, 1.82) is 0 Å². The van der Waals surface area contributed by atoms with Gasteiger partial charge < -0.3 is 5.11 Å². The minimum atomic E-state index is -0.332. The van der Waals surface area contributed by atoms with E-state index in [1.54, 1.807) is 6.08 Å². The Hall–Kier alpha value is -0.630. The molecule has 2 atom stereocenters. The van der Waals surface area contributed by atoms with Gasteiger partial charge in [0.25, 0.3) is 0 Å². The van der Waals surface area contributed by atoms with Gasteiger partial charge in [0.1, 0.15) is 6.29 Å². The molecule has 0 aromatic carbocycles. The fraction of sp³-hybridized carbons (Fsp3) is 0.700. The van der Waals surface area contributed by atoms with Crippen LogP contribution >= 0.6 is 0 Å². The van der Waals surface area contributed by atoms with Gasteiger partial charge in [-0.3, -0.25) is 4.79 Å². The summed E-state index contributed by atoms with van der Waals surface area (Å²) in [7, 11) is 0. The van der Waals surface area contributed by atoms with Crippen LogP contribution in [0.5, 0.6) is 0 Å². The number of aliphatic hydroxyl groups is 1. The number of rotatable bonds is 5. The second-order valence-electron chi connectivity index (χ2n) is 3.47. The third-order valence-corrected chi connectivity index (χ3v) is 2.25. The first-order chi connectivity index (χ1) is 5.59. The molecule has 0 aromatic heterocycles. The predicted molar refractivity (Wildman–Crippen MR) is 49.8 cm³/mol. The molecule has 0 bridgehead atoms. The van der Waals surface area contributed by atoms with Crippen LogP contribution in [0.15, 0.2) is 12.2 Å². The standard InChI is InChI=1S/C10H18O2/c1-8(2)9(3)10(12)6-4-5-7-11/h4-5,7-10,12H,6H2,1-3H3/b5-4+. The lowest BCUT2D eigenvalue weighted by Crippen LogP contribution is -2.21. The summed E-state index contributed by atoms with van der Waals surface area (Å²) >= 11 is 0. The number of carbonyl (C=O) groups is 1. The van der Waals surface area contributed by atoms with Crippen molar-refractivity contribution < 1.29 is 9.90 Å². The zero-order chi connectivity index (χ0) is 9.56. The monoisotopic (exact) mass is 170 g/mol. The Kier molecular flexibility index (Phi) is 5.64. The number of aliphatic hydroxyl groups excluding tert-OH is 1. The Morgan fingerprint density at radius 2 is 1.92 bits per heavy atom. The van der Waals surface area contributed by atoms with Crippen molar-refractivity contribution >= 4 is 6.29 Å². The Balaban J connectivity index is 3.78. The van der Waals surface area contributed by atoms with Crippen LogP contribution < -0.4 is 0 Å². The number of hydrogen-bond donors (Lipinski definition) is 1. The minimum absolute atomic E-state index is 0.279. The van der Waals surface area contributed by atoms with Crippen molar-refractivity contribution in [2.24, 2.45) is 11.8 Å². The molecular formula is C10H18O2. The third-order valence-electron chi connectivity index (χ3n) is 2.25. The molecule has 0 fully saturated rings.